The van der Waals surface area contributed by atoms with E-state index < -0.39 is 10.7 Å². The Morgan fingerprint density at radius 1 is 1.29 bits per heavy atom. The van der Waals surface area contributed by atoms with Gasteiger partial charge in [0.15, 0.2) is 0 Å². The van der Waals surface area contributed by atoms with Gasteiger partial charge in [-0.3, -0.25) is 10.1 Å². The smallest absolute Gasteiger partial charge is 0.294 e. The van der Waals surface area contributed by atoms with Gasteiger partial charge in [0, 0.05) is 18.2 Å². The predicted molar refractivity (Wildman–Crippen MR) is 81.3 cm³/mol. The Labute approximate surface area is 126 Å². The van der Waals surface area contributed by atoms with Crippen molar-refractivity contribution in [3.05, 3.63) is 68.5 Å². The Hall–Kier alpha value is -2.14. The highest BCUT2D eigenvalue weighted by molar-refractivity contribution is 6.31. The van der Waals surface area contributed by atoms with E-state index in [9.17, 15) is 14.5 Å². The summed E-state index contributed by atoms with van der Waals surface area (Å²) in [5, 5.41) is 13.7. The third-order valence-electron chi connectivity index (χ3n) is 3.18. The van der Waals surface area contributed by atoms with Crippen LogP contribution in [0.3, 0.4) is 0 Å². The first-order valence-electron chi connectivity index (χ1n) is 6.35. The van der Waals surface area contributed by atoms with Crippen molar-refractivity contribution < 1.29 is 9.31 Å². The zero-order valence-corrected chi connectivity index (χ0v) is 12.3. The molecule has 0 spiro atoms. The summed E-state index contributed by atoms with van der Waals surface area (Å²) in [5.74, 6) is -0.694. The maximum Gasteiger partial charge on any atom is 0.294 e. The number of nitro groups is 1. The third kappa shape index (κ3) is 3.49. The Kier molecular flexibility index (Phi) is 4.43. The molecular weight excluding hydrogens is 295 g/mol. The average molecular weight is 309 g/mol. The summed E-state index contributed by atoms with van der Waals surface area (Å²) in [6.07, 6.45) is 0. The zero-order chi connectivity index (χ0) is 15.6. The van der Waals surface area contributed by atoms with Crippen LogP contribution in [0.25, 0.3) is 0 Å². The second-order valence-corrected chi connectivity index (χ2v) is 5.22. The number of benzene rings is 2. The first kappa shape index (κ1) is 15.3. The maximum atomic E-state index is 13.5. The van der Waals surface area contributed by atoms with E-state index in [0.717, 1.165) is 23.3 Å². The van der Waals surface area contributed by atoms with E-state index >= 15 is 0 Å². The molecule has 4 nitrogen and oxygen atoms in total. The van der Waals surface area contributed by atoms with E-state index in [0.29, 0.717) is 0 Å². The third-order valence-corrected chi connectivity index (χ3v) is 3.47. The highest BCUT2D eigenvalue weighted by atomic mass is 35.5. The van der Waals surface area contributed by atoms with Crippen LogP contribution in [0.1, 0.15) is 24.1 Å². The van der Waals surface area contributed by atoms with Gasteiger partial charge < -0.3 is 5.32 Å². The molecule has 6 heteroatoms. The molecule has 0 bridgehead atoms. The van der Waals surface area contributed by atoms with E-state index in [1.54, 1.807) is 0 Å². The van der Waals surface area contributed by atoms with Crippen LogP contribution in [0.2, 0.25) is 5.02 Å². The van der Waals surface area contributed by atoms with Crippen LogP contribution in [0.5, 0.6) is 0 Å². The second-order valence-electron chi connectivity index (χ2n) is 4.82. The molecule has 2 aromatic carbocycles. The summed E-state index contributed by atoms with van der Waals surface area (Å²) >= 11 is 5.59. The zero-order valence-electron chi connectivity index (χ0n) is 11.6. The van der Waals surface area contributed by atoms with E-state index in [1.165, 1.54) is 0 Å². The lowest BCUT2D eigenvalue weighted by atomic mass is 10.1. The first-order chi connectivity index (χ1) is 9.88. The summed E-state index contributed by atoms with van der Waals surface area (Å²) in [6, 6.07) is 9.60. The van der Waals surface area contributed by atoms with Crippen molar-refractivity contribution in [1.29, 1.82) is 0 Å². The number of hydrogen-bond acceptors (Lipinski definition) is 3. The Bertz CT molecular complexity index is 674. The molecule has 0 aliphatic heterocycles. The summed E-state index contributed by atoms with van der Waals surface area (Å²) in [5.41, 5.74) is 1.93. The molecule has 0 heterocycles. The van der Waals surface area contributed by atoms with Crippen LogP contribution in [0.4, 0.5) is 15.8 Å². The average Bonchev–Trinajstić information content (AvgIpc) is 2.43. The molecule has 0 aliphatic carbocycles. The number of nitrogens with zero attached hydrogens (tertiary/aromatic N) is 1. The van der Waals surface area contributed by atoms with Crippen LogP contribution in [-0.2, 0) is 0 Å². The van der Waals surface area contributed by atoms with Gasteiger partial charge in [-0.2, -0.15) is 0 Å². The minimum atomic E-state index is -0.694. The maximum absolute atomic E-state index is 13.5. The molecule has 1 N–H and O–H groups in total. The fraction of sp³-hybridized carbons (Fsp3) is 0.200. The lowest BCUT2D eigenvalue weighted by molar-refractivity contribution is -0.384. The van der Waals surface area contributed by atoms with Crippen LogP contribution in [0, 0.1) is 22.9 Å². The van der Waals surface area contributed by atoms with E-state index in [4.69, 9.17) is 11.6 Å². The predicted octanol–water partition coefficient (Wildman–Crippen LogP) is 4.87. The van der Waals surface area contributed by atoms with Crippen LogP contribution in [-0.4, -0.2) is 4.92 Å². The molecular formula is C15H14ClFN2O2. The van der Waals surface area contributed by atoms with E-state index in [2.05, 4.69) is 5.32 Å². The Morgan fingerprint density at radius 2 is 1.90 bits per heavy atom. The van der Waals surface area contributed by atoms with Crippen LogP contribution in [0.15, 0.2) is 36.4 Å². The van der Waals surface area contributed by atoms with Crippen LogP contribution < -0.4 is 5.32 Å². The van der Waals surface area contributed by atoms with Gasteiger partial charge in [0.05, 0.1) is 9.95 Å². The number of nitro benzene ring substituents is 1. The van der Waals surface area contributed by atoms with E-state index in [-0.39, 0.29) is 22.4 Å². The van der Waals surface area contributed by atoms with Gasteiger partial charge in [-0.05, 0) is 19.4 Å². The van der Waals surface area contributed by atoms with Gasteiger partial charge in [-0.15, -0.1) is 0 Å². The van der Waals surface area contributed by atoms with Gasteiger partial charge in [-0.1, -0.05) is 41.4 Å². The quantitative estimate of drug-likeness (QED) is 0.647. The molecule has 0 saturated carbocycles. The highest BCUT2D eigenvalue weighted by Crippen LogP contribution is 2.32. The highest BCUT2D eigenvalue weighted by Gasteiger charge is 2.19. The van der Waals surface area contributed by atoms with Gasteiger partial charge >= 0.3 is 0 Å². The molecule has 21 heavy (non-hydrogen) atoms. The largest absolute Gasteiger partial charge is 0.373 e. The number of aryl methyl sites for hydroxylation is 1. The van der Waals surface area contributed by atoms with Gasteiger partial charge in [0.1, 0.15) is 11.5 Å². The second kappa shape index (κ2) is 6.10. The molecule has 2 rings (SSSR count). The molecule has 0 saturated heterocycles. The summed E-state index contributed by atoms with van der Waals surface area (Å²) in [7, 11) is 0. The van der Waals surface area contributed by atoms with E-state index in [1.807, 2.05) is 38.1 Å². The fourth-order valence-electron chi connectivity index (χ4n) is 1.97. The topological polar surface area (TPSA) is 55.2 Å². The molecule has 0 aromatic heterocycles. The molecule has 0 aliphatic rings. The molecule has 2 aromatic rings. The lowest BCUT2D eigenvalue weighted by Gasteiger charge is -2.16. The van der Waals surface area contributed by atoms with Gasteiger partial charge in [0.25, 0.3) is 5.69 Å². The molecule has 0 fully saturated rings. The van der Waals surface area contributed by atoms with Crippen molar-refractivity contribution >= 4 is 23.0 Å². The lowest BCUT2D eigenvalue weighted by Crippen LogP contribution is -2.09. The number of nitrogens with one attached hydrogen (secondary N) is 1. The molecule has 0 amide bonds. The summed E-state index contributed by atoms with van der Waals surface area (Å²) < 4.78 is 13.5. The van der Waals surface area contributed by atoms with Crippen molar-refractivity contribution in [2.24, 2.45) is 0 Å². The van der Waals surface area contributed by atoms with Gasteiger partial charge in [-0.25, -0.2) is 4.39 Å². The van der Waals surface area contributed by atoms with Crippen LogP contribution >= 0.6 is 11.6 Å². The number of halogens is 2. The van der Waals surface area contributed by atoms with Crippen molar-refractivity contribution in [3.63, 3.8) is 0 Å². The normalized spacial score (nSPS) is 12.0. The molecule has 1 unspecified atom stereocenters. The number of hydrogen-bond donors (Lipinski definition) is 1. The SMILES string of the molecule is Cc1ccc(C(C)Nc2cc(F)c(Cl)cc2[N+](=O)[O-])cc1. The molecule has 110 valence electrons. The Balaban J connectivity index is 2.32. The number of rotatable bonds is 4. The van der Waals surface area contributed by atoms with Gasteiger partial charge in [0.2, 0.25) is 0 Å². The van der Waals surface area contributed by atoms with Crippen molar-refractivity contribution in [2.45, 2.75) is 19.9 Å². The van der Waals surface area contributed by atoms with Crippen molar-refractivity contribution in [1.82, 2.24) is 0 Å². The number of anilines is 1. The monoisotopic (exact) mass is 308 g/mol. The fourth-order valence-corrected chi connectivity index (χ4v) is 2.13. The molecule has 0 radical (unpaired) electrons. The minimum absolute atomic E-state index is 0.106. The Morgan fingerprint density at radius 3 is 2.48 bits per heavy atom. The molecule has 1 atom stereocenters. The van der Waals surface area contributed by atoms with Crippen molar-refractivity contribution in [2.75, 3.05) is 5.32 Å². The first-order valence-corrected chi connectivity index (χ1v) is 6.73. The van der Waals surface area contributed by atoms with Crippen molar-refractivity contribution in [3.8, 4) is 0 Å². The standard InChI is InChI=1S/C15H14ClFN2O2/c1-9-3-5-11(6-4-9)10(2)18-14-8-13(17)12(16)7-15(14)19(20)21/h3-8,10,18H,1-2H3. The summed E-state index contributed by atoms with van der Waals surface area (Å²) in [6.45, 7) is 3.82. The minimum Gasteiger partial charge on any atom is -0.373 e. The summed E-state index contributed by atoms with van der Waals surface area (Å²) in [4.78, 5) is 10.4.